The van der Waals surface area contributed by atoms with Crippen molar-refractivity contribution >= 4 is 5.91 Å². The number of hydrogen-bond donors (Lipinski definition) is 0. The van der Waals surface area contributed by atoms with Gasteiger partial charge >= 0.3 is 0 Å². The van der Waals surface area contributed by atoms with E-state index in [2.05, 4.69) is 9.55 Å². The minimum atomic E-state index is -0.226. The van der Waals surface area contributed by atoms with Crippen molar-refractivity contribution in [3.8, 4) is 0 Å². The van der Waals surface area contributed by atoms with Gasteiger partial charge in [-0.1, -0.05) is 0 Å². The lowest BCUT2D eigenvalue weighted by Gasteiger charge is -2.34. The average molecular weight is 314 g/mol. The summed E-state index contributed by atoms with van der Waals surface area (Å²) in [5.41, 5.74) is 0.870. The second kappa shape index (κ2) is 6.02. The molecule has 0 spiro atoms. The minimum Gasteiger partial charge on any atom is -0.336 e. The average Bonchev–Trinajstić information content (AvgIpc) is 2.98. The number of aromatic nitrogens is 3. The monoisotopic (exact) mass is 314 g/mol. The molecule has 0 bridgehead atoms. The molecular formula is C17H22N4O2. The van der Waals surface area contributed by atoms with Crippen LogP contribution in [0.15, 0.2) is 29.3 Å². The normalized spacial score (nSPS) is 18.2. The van der Waals surface area contributed by atoms with Crippen LogP contribution in [0.25, 0.3) is 0 Å². The molecule has 23 heavy (non-hydrogen) atoms. The van der Waals surface area contributed by atoms with Crippen LogP contribution >= 0.6 is 0 Å². The number of hydrogen-bond acceptors (Lipinski definition) is 3. The van der Waals surface area contributed by atoms with Gasteiger partial charge in [-0.25, -0.2) is 4.98 Å². The van der Waals surface area contributed by atoms with Crippen molar-refractivity contribution < 1.29 is 4.79 Å². The van der Waals surface area contributed by atoms with Crippen LogP contribution in [0.5, 0.6) is 0 Å². The second-order valence-corrected chi connectivity index (χ2v) is 6.18. The molecule has 122 valence electrons. The molecule has 1 fully saturated rings. The number of pyridine rings is 1. The van der Waals surface area contributed by atoms with E-state index >= 15 is 0 Å². The largest absolute Gasteiger partial charge is 0.336 e. The van der Waals surface area contributed by atoms with E-state index in [1.165, 1.54) is 4.57 Å². The topological polar surface area (TPSA) is 60.1 Å². The number of carbonyl (C=O) groups is 1. The molecule has 1 atom stereocenters. The van der Waals surface area contributed by atoms with E-state index in [0.717, 1.165) is 24.4 Å². The predicted octanol–water partition coefficient (Wildman–Crippen LogP) is 1.68. The summed E-state index contributed by atoms with van der Waals surface area (Å²) in [6, 6.07) is 3.69. The van der Waals surface area contributed by atoms with Crippen molar-refractivity contribution in [2.45, 2.75) is 32.7 Å². The molecule has 0 N–H and O–H groups in total. The van der Waals surface area contributed by atoms with Gasteiger partial charge in [-0.05, 0) is 38.8 Å². The summed E-state index contributed by atoms with van der Waals surface area (Å²) in [6.45, 7) is 5.14. The third kappa shape index (κ3) is 2.81. The first-order valence-corrected chi connectivity index (χ1v) is 7.94. The number of imidazole rings is 1. The zero-order valence-corrected chi connectivity index (χ0v) is 13.8. The summed E-state index contributed by atoms with van der Waals surface area (Å²) in [7, 11) is 1.70. The Kier molecular flexibility index (Phi) is 4.07. The molecule has 0 aliphatic carbocycles. The number of piperidine rings is 1. The number of nitrogens with zero attached hydrogens (tertiary/aromatic N) is 4. The van der Waals surface area contributed by atoms with Crippen LogP contribution in [0.1, 0.15) is 40.8 Å². The maximum Gasteiger partial charge on any atom is 0.263 e. The Labute approximate surface area is 135 Å². The number of amides is 1. The first-order chi connectivity index (χ1) is 11.0. The summed E-state index contributed by atoms with van der Waals surface area (Å²) in [5, 5.41) is 0. The third-order valence-electron chi connectivity index (χ3n) is 4.73. The highest BCUT2D eigenvalue weighted by Gasteiger charge is 2.27. The first-order valence-electron chi connectivity index (χ1n) is 7.94. The van der Waals surface area contributed by atoms with E-state index in [1.54, 1.807) is 24.2 Å². The number of likely N-dealkylation sites (tertiary alicyclic amines) is 1. The Morgan fingerprint density at radius 2 is 2.09 bits per heavy atom. The zero-order valence-electron chi connectivity index (χ0n) is 13.8. The Morgan fingerprint density at radius 3 is 2.78 bits per heavy atom. The first kappa shape index (κ1) is 15.5. The lowest BCUT2D eigenvalue weighted by Crippen LogP contribution is -2.43. The molecule has 3 heterocycles. The maximum absolute atomic E-state index is 12.8. The van der Waals surface area contributed by atoms with E-state index in [9.17, 15) is 9.59 Å². The molecule has 3 rings (SSSR count). The number of aryl methyl sites for hydroxylation is 2. The molecule has 6 nitrogen and oxygen atoms in total. The molecule has 2 aromatic heterocycles. The molecule has 0 saturated carbocycles. The molecule has 6 heteroatoms. The van der Waals surface area contributed by atoms with Gasteiger partial charge in [0.1, 0.15) is 11.4 Å². The summed E-state index contributed by atoms with van der Waals surface area (Å²) in [6.07, 6.45) is 5.69. The standard InChI is InChI=1S/C17H22N4O2/c1-12-6-7-15(16(22)19(12)3)17(23)20-9-4-5-14(11-20)21-10-8-18-13(21)2/h6-8,10,14H,4-5,9,11H2,1-3H3. The number of carbonyl (C=O) groups excluding carboxylic acids is 1. The van der Waals surface area contributed by atoms with E-state index < -0.39 is 0 Å². The Hall–Kier alpha value is -2.37. The molecule has 1 unspecified atom stereocenters. The molecule has 2 aromatic rings. The molecule has 0 radical (unpaired) electrons. The van der Waals surface area contributed by atoms with Gasteiger partial charge in [0, 0.05) is 38.2 Å². The fraction of sp³-hybridized carbons (Fsp3) is 0.471. The Bertz CT molecular complexity index is 790. The van der Waals surface area contributed by atoms with Crippen LogP contribution in [0, 0.1) is 13.8 Å². The number of rotatable bonds is 2. The van der Waals surface area contributed by atoms with E-state index in [-0.39, 0.29) is 23.1 Å². The van der Waals surface area contributed by atoms with Gasteiger partial charge in [-0.15, -0.1) is 0 Å². The summed E-state index contributed by atoms with van der Waals surface area (Å²) >= 11 is 0. The predicted molar refractivity (Wildman–Crippen MR) is 87.6 cm³/mol. The van der Waals surface area contributed by atoms with Gasteiger partial charge in [-0.2, -0.15) is 0 Å². The summed E-state index contributed by atoms with van der Waals surface area (Å²) < 4.78 is 3.64. The quantitative estimate of drug-likeness (QED) is 0.847. The fourth-order valence-corrected chi connectivity index (χ4v) is 3.20. The van der Waals surface area contributed by atoms with Crippen molar-refractivity contribution in [2.24, 2.45) is 7.05 Å². The molecule has 1 aliphatic rings. The van der Waals surface area contributed by atoms with Gasteiger partial charge in [0.15, 0.2) is 0 Å². The highest BCUT2D eigenvalue weighted by Crippen LogP contribution is 2.23. The fourth-order valence-electron chi connectivity index (χ4n) is 3.20. The summed E-state index contributed by atoms with van der Waals surface area (Å²) in [5.74, 6) is 0.781. The van der Waals surface area contributed by atoms with Crippen molar-refractivity contribution in [3.63, 3.8) is 0 Å². The van der Waals surface area contributed by atoms with Crippen LogP contribution in [0.2, 0.25) is 0 Å². The minimum absolute atomic E-state index is 0.173. The van der Waals surface area contributed by atoms with Crippen LogP contribution < -0.4 is 5.56 Å². The van der Waals surface area contributed by atoms with E-state index in [0.29, 0.717) is 13.1 Å². The molecule has 1 saturated heterocycles. The van der Waals surface area contributed by atoms with Crippen molar-refractivity contribution in [1.82, 2.24) is 19.0 Å². The lowest BCUT2D eigenvalue weighted by atomic mass is 10.0. The van der Waals surface area contributed by atoms with Crippen molar-refractivity contribution in [2.75, 3.05) is 13.1 Å². The Balaban J connectivity index is 1.84. The van der Waals surface area contributed by atoms with E-state index in [4.69, 9.17) is 0 Å². The molecule has 1 amide bonds. The lowest BCUT2D eigenvalue weighted by molar-refractivity contribution is 0.0676. The van der Waals surface area contributed by atoms with Crippen molar-refractivity contribution in [3.05, 3.63) is 52.0 Å². The van der Waals surface area contributed by atoms with Gasteiger partial charge in [0.05, 0.1) is 6.04 Å². The highest BCUT2D eigenvalue weighted by atomic mass is 16.2. The third-order valence-corrected chi connectivity index (χ3v) is 4.73. The van der Waals surface area contributed by atoms with Gasteiger partial charge < -0.3 is 14.0 Å². The highest BCUT2D eigenvalue weighted by molar-refractivity contribution is 5.94. The molecular weight excluding hydrogens is 292 g/mol. The van der Waals surface area contributed by atoms with Gasteiger partial charge in [0.25, 0.3) is 11.5 Å². The van der Waals surface area contributed by atoms with Crippen LogP contribution in [-0.4, -0.2) is 38.0 Å². The maximum atomic E-state index is 12.8. The van der Waals surface area contributed by atoms with Crippen LogP contribution in [0.3, 0.4) is 0 Å². The second-order valence-electron chi connectivity index (χ2n) is 6.18. The smallest absolute Gasteiger partial charge is 0.263 e. The van der Waals surface area contributed by atoms with E-state index in [1.807, 2.05) is 26.1 Å². The SMILES string of the molecule is Cc1nccn1C1CCCN(C(=O)c2ccc(C)n(C)c2=O)C1. The van der Waals surface area contributed by atoms with Crippen molar-refractivity contribution in [1.29, 1.82) is 0 Å². The molecule has 1 aliphatic heterocycles. The molecule has 0 aromatic carbocycles. The van der Waals surface area contributed by atoms with Crippen LogP contribution in [0.4, 0.5) is 0 Å². The summed E-state index contributed by atoms with van der Waals surface area (Å²) in [4.78, 5) is 31.2. The van der Waals surface area contributed by atoms with Gasteiger partial charge in [0.2, 0.25) is 0 Å². The van der Waals surface area contributed by atoms with Crippen LogP contribution in [-0.2, 0) is 7.05 Å². The van der Waals surface area contributed by atoms with Gasteiger partial charge in [-0.3, -0.25) is 9.59 Å². The Morgan fingerprint density at radius 1 is 1.30 bits per heavy atom. The zero-order chi connectivity index (χ0) is 16.6.